The summed E-state index contributed by atoms with van der Waals surface area (Å²) in [5.41, 5.74) is 2.15. The number of furan rings is 1. The lowest BCUT2D eigenvalue weighted by Crippen LogP contribution is -2.25. The molecular weight excluding hydrogens is 258 g/mol. The van der Waals surface area contributed by atoms with Gasteiger partial charge in [0.05, 0.1) is 0 Å². The first kappa shape index (κ1) is 13.9. The summed E-state index contributed by atoms with van der Waals surface area (Å²) in [6.07, 6.45) is 0. The van der Waals surface area contributed by atoms with E-state index in [1.165, 1.54) is 17.0 Å². The molecule has 1 N–H and O–H groups in total. The van der Waals surface area contributed by atoms with Gasteiger partial charge >= 0.3 is 5.97 Å². The average Bonchev–Trinajstić information content (AvgIpc) is 2.90. The number of carboxylic acids is 1. The third-order valence-electron chi connectivity index (χ3n) is 2.91. The number of rotatable bonds is 4. The smallest absolute Gasteiger partial charge is 0.371 e. The summed E-state index contributed by atoms with van der Waals surface area (Å²) in [7, 11) is 1.64. The van der Waals surface area contributed by atoms with Gasteiger partial charge in [0.2, 0.25) is 5.76 Å². The normalized spacial score (nSPS) is 10.3. The third kappa shape index (κ3) is 3.06. The van der Waals surface area contributed by atoms with Gasteiger partial charge in [0.15, 0.2) is 5.76 Å². The van der Waals surface area contributed by atoms with Crippen molar-refractivity contribution in [3.05, 3.63) is 59.0 Å². The molecule has 1 aromatic heterocycles. The minimum absolute atomic E-state index is 0.0250. The number of carboxylic acid groups (broad SMARTS) is 1. The van der Waals surface area contributed by atoms with Gasteiger partial charge in [0.25, 0.3) is 5.91 Å². The second kappa shape index (κ2) is 5.61. The summed E-state index contributed by atoms with van der Waals surface area (Å²) in [4.78, 5) is 24.3. The summed E-state index contributed by atoms with van der Waals surface area (Å²) < 4.78 is 4.99. The first-order chi connectivity index (χ1) is 9.47. The van der Waals surface area contributed by atoms with Crippen molar-refractivity contribution in [2.24, 2.45) is 0 Å². The Hall–Kier alpha value is -2.56. The predicted octanol–water partition coefficient (Wildman–Crippen LogP) is 2.56. The number of hydrogen-bond acceptors (Lipinski definition) is 3. The SMILES string of the molecule is Cc1ccc(CN(C)C(=O)c2ccc(C(=O)O)o2)cc1. The molecule has 0 saturated heterocycles. The zero-order valence-electron chi connectivity index (χ0n) is 11.3. The Bertz CT molecular complexity index is 628. The lowest BCUT2D eigenvalue weighted by Gasteiger charge is -2.15. The average molecular weight is 273 g/mol. The number of carbonyl (C=O) groups is 2. The van der Waals surface area contributed by atoms with Gasteiger partial charge in [0.1, 0.15) is 0 Å². The lowest BCUT2D eigenvalue weighted by atomic mass is 10.1. The molecule has 0 fully saturated rings. The van der Waals surface area contributed by atoms with Crippen LogP contribution in [0.15, 0.2) is 40.8 Å². The highest BCUT2D eigenvalue weighted by molar-refractivity contribution is 5.93. The molecule has 0 aliphatic carbocycles. The molecule has 0 spiro atoms. The van der Waals surface area contributed by atoms with Gasteiger partial charge in [-0.3, -0.25) is 4.79 Å². The monoisotopic (exact) mass is 273 g/mol. The molecule has 2 rings (SSSR count). The number of aryl methyl sites for hydroxylation is 1. The van der Waals surface area contributed by atoms with Crippen LogP contribution in [0.1, 0.15) is 32.2 Å². The number of nitrogens with zero attached hydrogens (tertiary/aromatic N) is 1. The number of benzene rings is 1. The van der Waals surface area contributed by atoms with Gasteiger partial charge in [-0.2, -0.15) is 0 Å². The van der Waals surface area contributed by atoms with Gasteiger partial charge < -0.3 is 14.4 Å². The Kier molecular flexibility index (Phi) is 3.89. The molecule has 0 atom stereocenters. The molecule has 0 aliphatic rings. The number of aromatic carboxylic acids is 1. The van der Waals surface area contributed by atoms with Crippen molar-refractivity contribution in [1.82, 2.24) is 4.90 Å². The Morgan fingerprint density at radius 3 is 2.25 bits per heavy atom. The van der Waals surface area contributed by atoms with Crippen molar-refractivity contribution in [1.29, 1.82) is 0 Å². The van der Waals surface area contributed by atoms with Crippen molar-refractivity contribution in [3.8, 4) is 0 Å². The summed E-state index contributed by atoms with van der Waals surface area (Å²) in [5, 5.41) is 8.76. The quantitative estimate of drug-likeness (QED) is 0.929. The molecule has 1 amide bonds. The van der Waals surface area contributed by atoms with Gasteiger partial charge in [-0.15, -0.1) is 0 Å². The summed E-state index contributed by atoms with van der Waals surface area (Å²) in [6, 6.07) is 10.5. The summed E-state index contributed by atoms with van der Waals surface area (Å²) in [5.74, 6) is -1.75. The highest BCUT2D eigenvalue weighted by Gasteiger charge is 2.18. The molecule has 0 saturated carbocycles. The first-order valence-electron chi connectivity index (χ1n) is 6.11. The van der Waals surface area contributed by atoms with E-state index in [9.17, 15) is 9.59 Å². The molecular formula is C15H15NO4. The first-order valence-corrected chi connectivity index (χ1v) is 6.11. The zero-order chi connectivity index (χ0) is 14.7. The van der Waals surface area contributed by atoms with E-state index in [1.807, 2.05) is 31.2 Å². The Morgan fingerprint density at radius 2 is 1.70 bits per heavy atom. The van der Waals surface area contributed by atoms with Crippen molar-refractivity contribution in [3.63, 3.8) is 0 Å². The van der Waals surface area contributed by atoms with Gasteiger partial charge in [-0.1, -0.05) is 29.8 Å². The molecule has 5 heteroatoms. The minimum Gasteiger partial charge on any atom is -0.475 e. The van der Waals surface area contributed by atoms with Crippen molar-refractivity contribution >= 4 is 11.9 Å². The molecule has 0 unspecified atom stereocenters. The van der Waals surface area contributed by atoms with Crippen LogP contribution in [-0.2, 0) is 6.54 Å². The van der Waals surface area contributed by atoms with Crippen LogP contribution in [0.3, 0.4) is 0 Å². The molecule has 104 valence electrons. The van der Waals surface area contributed by atoms with E-state index >= 15 is 0 Å². The highest BCUT2D eigenvalue weighted by Crippen LogP contribution is 2.12. The van der Waals surface area contributed by atoms with E-state index in [0.29, 0.717) is 6.54 Å². The summed E-state index contributed by atoms with van der Waals surface area (Å²) >= 11 is 0. The van der Waals surface area contributed by atoms with E-state index in [4.69, 9.17) is 9.52 Å². The molecule has 0 radical (unpaired) electrons. The second-order valence-electron chi connectivity index (χ2n) is 4.62. The molecule has 1 heterocycles. The number of amides is 1. The fourth-order valence-corrected chi connectivity index (χ4v) is 1.80. The van der Waals surface area contributed by atoms with Gasteiger partial charge in [-0.05, 0) is 24.6 Å². The van der Waals surface area contributed by atoms with E-state index in [1.54, 1.807) is 7.05 Å². The van der Waals surface area contributed by atoms with E-state index in [2.05, 4.69) is 0 Å². The molecule has 5 nitrogen and oxygen atoms in total. The van der Waals surface area contributed by atoms with Crippen LogP contribution in [0.25, 0.3) is 0 Å². The Morgan fingerprint density at radius 1 is 1.10 bits per heavy atom. The maximum absolute atomic E-state index is 12.1. The van der Waals surface area contributed by atoms with Crippen molar-refractivity contribution in [2.45, 2.75) is 13.5 Å². The van der Waals surface area contributed by atoms with Crippen molar-refractivity contribution in [2.75, 3.05) is 7.05 Å². The molecule has 20 heavy (non-hydrogen) atoms. The molecule has 0 aliphatic heterocycles. The highest BCUT2D eigenvalue weighted by atomic mass is 16.4. The largest absolute Gasteiger partial charge is 0.475 e. The van der Waals surface area contributed by atoms with Crippen LogP contribution in [0, 0.1) is 6.92 Å². The molecule has 1 aromatic carbocycles. The van der Waals surface area contributed by atoms with E-state index in [-0.39, 0.29) is 17.4 Å². The van der Waals surface area contributed by atoms with Gasteiger partial charge in [0, 0.05) is 13.6 Å². The maximum atomic E-state index is 12.1. The van der Waals surface area contributed by atoms with Crippen LogP contribution >= 0.6 is 0 Å². The van der Waals surface area contributed by atoms with Crippen molar-refractivity contribution < 1.29 is 19.1 Å². The predicted molar refractivity (Wildman–Crippen MR) is 72.6 cm³/mol. The van der Waals surface area contributed by atoms with Crippen LogP contribution in [0.5, 0.6) is 0 Å². The second-order valence-corrected chi connectivity index (χ2v) is 4.62. The Labute approximate surface area is 116 Å². The van der Waals surface area contributed by atoms with Crippen LogP contribution in [0.4, 0.5) is 0 Å². The van der Waals surface area contributed by atoms with Crippen LogP contribution < -0.4 is 0 Å². The number of carbonyl (C=O) groups excluding carboxylic acids is 1. The van der Waals surface area contributed by atoms with E-state index < -0.39 is 5.97 Å². The minimum atomic E-state index is -1.19. The molecule has 2 aromatic rings. The fraction of sp³-hybridized carbons (Fsp3) is 0.200. The maximum Gasteiger partial charge on any atom is 0.371 e. The van der Waals surface area contributed by atoms with Crippen LogP contribution in [-0.4, -0.2) is 28.9 Å². The van der Waals surface area contributed by atoms with Gasteiger partial charge in [-0.25, -0.2) is 4.79 Å². The van der Waals surface area contributed by atoms with Crippen LogP contribution in [0.2, 0.25) is 0 Å². The molecule has 0 bridgehead atoms. The third-order valence-corrected chi connectivity index (χ3v) is 2.91. The zero-order valence-corrected chi connectivity index (χ0v) is 11.3. The number of hydrogen-bond donors (Lipinski definition) is 1. The summed E-state index contributed by atoms with van der Waals surface area (Å²) in [6.45, 7) is 2.43. The van der Waals surface area contributed by atoms with E-state index in [0.717, 1.165) is 11.1 Å². The standard InChI is InChI=1S/C15H15NO4/c1-10-3-5-11(6-4-10)9-16(2)14(17)12-7-8-13(20-12)15(18)19/h3-8H,9H2,1-2H3,(H,18,19). The fourth-order valence-electron chi connectivity index (χ4n) is 1.80. The Balaban J connectivity index is 2.07. The topological polar surface area (TPSA) is 70.8 Å². The lowest BCUT2D eigenvalue weighted by molar-refractivity contribution is 0.0653.